The van der Waals surface area contributed by atoms with Gasteiger partial charge in [-0.3, -0.25) is 0 Å². The highest BCUT2D eigenvalue weighted by Gasteiger charge is 2.23. The van der Waals surface area contributed by atoms with Crippen molar-refractivity contribution in [1.82, 2.24) is 0 Å². The van der Waals surface area contributed by atoms with Crippen molar-refractivity contribution in [3.8, 4) is 0 Å². The second kappa shape index (κ2) is 4.60. The lowest BCUT2D eigenvalue weighted by Crippen LogP contribution is -2.21. The third-order valence-electron chi connectivity index (χ3n) is 2.44. The predicted molar refractivity (Wildman–Crippen MR) is 62.4 cm³/mol. The first-order valence-electron chi connectivity index (χ1n) is 4.92. The van der Waals surface area contributed by atoms with Gasteiger partial charge in [0.15, 0.2) is 0 Å². The van der Waals surface area contributed by atoms with Gasteiger partial charge in [0.2, 0.25) is 0 Å². The first-order valence-corrected chi connectivity index (χ1v) is 5.83. The average Bonchev–Trinajstić information content (AvgIpc) is 1.99. The molecule has 1 aromatic carbocycles. The fourth-order valence-corrected chi connectivity index (χ4v) is 2.57. The van der Waals surface area contributed by atoms with E-state index in [2.05, 4.69) is 15.9 Å². The summed E-state index contributed by atoms with van der Waals surface area (Å²) in [6.45, 7) is 6.00. The fourth-order valence-electron chi connectivity index (χ4n) is 1.77. The number of halogens is 3. The monoisotopic (exact) mass is 276 g/mol. The van der Waals surface area contributed by atoms with Gasteiger partial charge >= 0.3 is 0 Å². The maximum atomic E-state index is 13.0. The lowest BCUT2D eigenvalue weighted by Gasteiger charge is -2.26. The summed E-state index contributed by atoms with van der Waals surface area (Å²) in [6, 6.07) is 3.70. The molecule has 84 valence electrons. The minimum absolute atomic E-state index is 0.230. The van der Waals surface area contributed by atoms with Crippen LogP contribution in [0.5, 0.6) is 0 Å². The van der Waals surface area contributed by atoms with Crippen molar-refractivity contribution in [3.63, 3.8) is 0 Å². The molecule has 0 aliphatic heterocycles. The number of benzene rings is 1. The Balaban J connectivity index is 3.03. The Hall–Kier alpha value is -0.440. The molecule has 0 bridgehead atoms. The van der Waals surface area contributed by atoms with E-state index < -0.39 is 11.6 Å². The van der Waals surface area contributed by atoms with Crippen LogP contribution >= 0.6 is 15.9 Å². The van der Waals surface area contributed by atoms with Gasteiger partial charge in [-0.1, -0.05) is 36.7 Å². The van der Waals surface area contributed by atoms with E-state index in [-0.39, 0.29) is 5.41 Å². The zero-order valence-corrected chi connectivity index (χ0v) is 10.7. The summed E-state index contributed by atoms with van der Waals surface area (Å²) in [7, 11) is 0. The molecule has 1 rings (SSSR count). The zero-order valence-electron chi connectivity index (χ0n) is 9.15. The van der Waals surface area contributed by atoms with Gasteiger partial charge in [0.05, 0.1) is 0 Å². The molecule has 3 heteroatoms. The van der Waals surface area contributed by atoms with E-state index in [9.17, 15) is 8.78 Å². The molecule has 0 aliphatic carbocycles. The van der Waals surface area contributed by atoms with Gasteiger partial charge in [0.25, 0.3) is 0 Å². The number of alkyl halides is 1. The predicted octanol–water partition coefficient (Wildman–Crippen LogP) is 4.42. The summed E-state index contributed by atoms with van der Waals surface area (Å²) in [5, 5.41) is 0. The Morgan fingerprint density at radius 3 is 2.07 bits per heavy atom. The Morgan fingerprint density at radius 2 is 1.67 bits per heavy atom. The standard InChI is InChI=1S/C12H15BrF2/c1-8(13)7-12(2,3)9-4-10(14)6-11(15)5-9/h4-6,8H,7H2,1-3H3. The van der Waals surface area contributed by atoms with E-state index in [1.54, 1.807) is 0 Å². The molecule has 0 aromatic heterocycles. The van der Waals surface area contributed by atoms with E-state index >= 15 is 0 Å². The molecule has 0 aliphatic rings. The van der Waals surface area contributed by atoms with Gasteiger partial charge in [-0.25, -0.2) is 8.78 Å². The summed E-state index contributed by atoms with van der Waals surface area (Å²) in [4.78, 5) is 0.318. The first kappa shape index (κ1) is 12.6. The molecule has 15 heavy (non-hydrogen) atoms. The Kier molecular flexibility index (Phi) is 3.87. The van der Waals surface area contributed by atoms with Crippen LogP contribution in [0, 0.1) is 11.6 Å². The molecule has 0 fully saturated rings. The fraction of sp³-hybridized carbons (Fsp3) is 0.500. The molecule has 1 aromatic rings. The third kappa shape index (κ3) is 3.56. The van der Waals surface area contributed by atoms with Crippen LogP contribution in [0.4, 0.5) is 8.78 Å². The van der Waals surface area contributed by atoms with Crippen LogP contribution in [0.15, 0.2) is 18.2 Å². The molecule has 0 spiro atoms. The quantitative estimate of drug-likeness (QED) is 0.718. The van der Waals surface area contributed by atoms with Crippen molar-refractivity contribution >= 4 is 15.9 Å². The van der Waals surface area contributed by atoms with E-state index in [1.165, 1.54) is 12.1 Å². The van der Waals surface area contributed by atoms with Crippen molar-refractivity contribution in [2.45, 2.75) is 37.4 Å². The van der Waals surface area contributed by atoms with Crippen LogP contribution in [0.3, 0.4) is 0 Å². The van der Waals surface area contributed by atoms with Crippen molar-refractivity contribution < 1.29 is 8.78 Å². The van der Waals surface area contributed by atoms with Gasteiger partial charge in [-0.2, -0.15) is 0 Å². The van der Waals surface area contributed by atoms with Gasteiger partial charge in [-0.05, 0) is 29.5 Å². The highest BCUT2D eigenvalue weighted by Crippen LogP contribution is 2.31. The Labute approximate surface area is 97.8 Å². The number of hydrogen-bond acceptors (Lipinski definition) is 0. The molecule has 1 atom stereocenters. The summed E-state index contributed by atoms with van der Waals surface area (Å²) < 4.78 is 26.1. The summed E-state index contributed by atoms with van der Waals surface area (Å²) in [6.07, 6.45) is 0.829. The SMILES string of the molecule is CC(Br)CC(C)(C)c1cc(F)cc(F)c1. The maximum Gasteiger partial charge on any atom is 0.126 e. The third-order valence-corrected chi connectivity index (χ3v) is 2.76. The van der Waals surface area contributed by atoms with E-state index in [0.29, 0.717) is 10.4 Å². The lowest BCUT2D eigenvalue weighted by molar-refractivity contribution is 0.471. The second-order valence-electron chi connectivity index (χ2n) is 4.53. The molecule has 0 radical (unpaired) electrons. The van der Waals surface area contributed by atoms with Crippen molar-refractivity contribution in [2.24, 2.45) is 0 Å². The molecule has 0 N–H and O–H groups in total. The lowest BCUT2D eigenvalue weighted by atomic mass is 9.80. The van der Waals surface area contributed by atoms with Crippen molar-refractivity contribution in [2.75, 3.05) is 0 Å². The zero-order chi connectivity index (χ0) is 11.6. The van der Waals surface area contributed by atoms with Gasteiger partial charge in [0.1, 0.15) is 11.6 Å². The minimum Gasteiger partial charge on any atom is -0.207 e. The summed E-state index contributed by atoms with van der Waals surface area (Å²) in [5.41, 5.74) is 0.470. The van der Waals surface area contributed by atoms with Crippen LogP contribution < -0.4 is 0 Å². The summed E-state index contributed by atoms with van der Waals surface area (Å²) in [5.74, 6) is -1.03. The first-order chi connectivity index (χ1) is 6.81. The molecular weight excluding hydrogens is 262 g/mol. The molecule has 0 heterocycles. The molecule has 0 saturated carbocycles. The topological polar surface area (TPSA) is 0 Å². The van der Waals surface area contributed by atoms with Crippen molar-refractivity contribution in [1.29, 1.82) is 0 Å². The maximum absolute atomic E-state index is 13.0. The second-order valence-corrected chi connectivity index (χ2v) is 6.09. The smallest absolute Gasteiger partial charge is 0.126 e. The normalized spacial score (nSPS) is 14.0. The molecule has 1 unspecified atom stereocenters. The van der Waals surface area contributed by atoms with Gasteiger partial charge < -0.3 is 0 Å². The van der Waals surface area contributed by atoms with Crippen LogP contribution in [0.25, 0.3) is 0 Å². The summed E-state index contributed by atoms with van der Waals surface area (Å²) >= 11 is 3.46. The largest absolute Gasteiger partial charge is 0.207 e. The van der Waals surface area contributed by atoms with Gasteiger partial charge in [0, 0.05) is 10.9 Å². The molecule has 0 amide bonds. The van der Waals surface area contributed by atoms with Crippen LogP contribution in [0.2, 0.25) is 0 Å². The van der Waals surface area contributed by atoms with Crippen LogP contribution in [0.1, 0.15) is 32.8 Å². The number of hydrogen-bond donors (Lipinski definition) is 0. The van der Waals surface area contributed by atoms with Gasteiger partial charge in [-0.15, -0.1) is 0 Å². The molecular formula is C12H15BrF2. The van der Waals surface area contributed by atoms with E-state index in [1.807, 2.05) is 20.8 Å². The molecule has 0 nitrogen and oxygen atoms in total. The van der Waals surface area contributed by atoms with E-state index in [0.717, 1.165) is 12.5 Å². The number of rotatable bonds is 3. The van der Waals surface area contributed by atoms with Crippen LogP contribution in [-0.4, -0.2) is 4.83 Å². The van der Waals surface area contributed by atoms with Crippen molar-refractivity contribution in [3.05, 3.63) is 35.4 Å². The highest BCUT2D eigenvalue weighted by molar-refractivity contribution is 9.09. The van der Waals surface area contributed by atoms with Crippen LogP contribution in [-0.2, 0) is 5.41 Å². The Bertz CT molecular complexity index is 325. The van der Waals surface area contributed by atoms with E-state index in [4.69, 9.17) is 0 Å². The average molecular weight is 277 g/mol. The highest BCUT2D eigenvalue weighted by atomic mass is 79.9. The Morgan fingerprint density at radius 1 is 1.20 bits per heavy atom. The molecule has 0 saturated heterocycles. The minimum atomic E-state index is -0.514.